The molecule has 0 heterocycles. The molecule has 0 saturated heterocycles. The van der Waals surface area contributed by atoms with Crippen LogP contribution in [-0.2, 0) is 6.42 Å². The zero-order valence-electron chi connectivity index (χ0n) is 10.5. The average molecular weight is 289 g/mol. The predicted molar refractivity (Wildman–Crippen MR) is 77.6 cm³/mol. The van der Waals surface area contributed by atoms with Gasteiger partial charge in [0.25, 0.3) is 0 Å². The molecule has 2 aromatic carbocycles. The predicted octanol–water partition coefficient (Wildman–Crippen LogP) is 4.97. The lowest BCUT2D eigenvalue weighted by Gasteiger charge is -2.09. The summed E-state index contributed by atoms with van der Waals surface area (Å²) < 4.78 is 1.20. The minimum absolute atomic E-state index is 1.00. The molecule has 0 radical (unpaired) electrons. The second-order valence-electron chi connectivity index (χ2n) is 4.69. The van der Waals surface area contributed by atoms with Gasteiger partial charge in [0, 0.05) is 4.47 Å². The molecule has 0 spiro atoms. The van der Waals surface area contributed by atoms with Crippen LogP contribution in [0.3, 0.4) is 0 Å². The fourth-order valence-electron chi connectivity index (χ4n) is 1.98. The highest BCUT2D eigenvalue weighted by molar-refractivity contribution is 9.10. The zero-order chi connectivity index (χ0) is 12.4. The molecule has 0 bridgehead atoms. The van der Waals surface area contributed by atoms with Gasteiger partial charge in [0.15, 0.2) is 0 Å². The number of benzene rings is 2. The molecular weight excluding hydrogens is 272 g/mol. The van der Waals surface area contributed by atoms with E-state index in [4.69, 9.17) is 0 Å². The maximum absolute atomic E-state index is 3.61. The molecule has 1 heteroatoms. The summed E-state index contributed by atoms with van der Waals surface area (Å²) in [6, 6.07) is 13.3. The highest BCUT2D eigenvalue weighted by atomic mass is 79.9. The lowest BCUT2D eigenvalue weighted by Crippen LogP contribution is -1.93. The Morgan fingerprint density at radius 2 is 1.53 bits per heavy atom. The normalized spacial score (nSPS) is 10.6. The van der Waals surface area contributed by atoms with Crippen molar-refractivity contribution >= 4 is 15.9 Å². The number of hydrogen-bond donors (Lipinski definition) is 0. The monoisotopic (exact) mass is 288 g/mol. The van der Waals surface area contributed by atoms with Gasteiger partial charge in [0.1, 0.15) is 0 Å². The van der Waals surface area contributed by atoms with Crippen LogP contribution in [0.25, 0.3) is 0 Å². The highest BCUT2D eigenvalue weighted by Crippen LogP contribution is 2.23. The Bertz CT molecular complexity index is 524. The lowest BCUT2D eigenvalue weighted by molar-refractivity contribution is 1.14. The molecule has 88 valence electrons. The van der Waals surface area contributed by atoms with E-state index in [9.17, 15) is 0 Å². The van der Waals surface area contributed by atoms with Crippen LogP contribution < -0.4 is 0 Å². The third-order valence-electron chi connectivity index (χ3n) is 3.13. The van der Waals surface area contributed by atoms with Crippen LogP contribution in [-0.4, -0.2) is 0 Å². The van der Waals surface area contributed by atoms with Gasteiger partial charge in [-0.15, -0.1) is 0 Å². The molecule has 0 fully saturated rings. The summed E-state index contributed by atoms with van der Waals surface area (Å²) in [5.74, 6) is 0. The Labute approximate surface area is 112 Å². The van der Waals surface area contributed by atoms with Crippen molar-refractivity contribution in [3.8, 4) is 0 Å². The van der Waals surface area contributed by atoms with E-state index in [-0.39, 0.29) is 0 Å². The summed E-state index contributed by atoms with van der Waals surface area (Å²) in [6.45, 7) is 6.44. The molecule has 0 aromatic heterocycles. The van der Waals surface area contributed by atoms with Gasteiger partial charge >= 0.3 is 0 Å². The molecule has 0 aliphatic rings. The second-order valence-corrected chi connectivity index (χ2v) is 5.54. The van der Waals surface area contributed by atoms with Crippen molar-refractivity contribution in [3.05, 3.63) is 68.7 Å². The van der Waals surface area contributed by atoms with E-state index < -0.39 is 0 Å². The van der Waals surface area contributed by atoms with Crippen LogP contribution in [0.1, 0.15) is 27.8 Å². The Morgan fingerprint density at radius 3 is 2.18 bits per heavy atom. The minimum atomic E-state index is 1.00. The second kappa shape index (κ2) is 5.05. The summed E-state index contributed by atoms with van der Waals surface area (Å²) in [5.41, 5.74) is 6.75. The number of rotatable bonds is 2. The highest BCUT2D eigenvalue weighted by Gasteiger charge is 2.03. The van der Waals surface area contributed by atoms with Crippen LogP contribution in [0, 0.1) is 20.8 Å². The van der Waals surface area contributed by atoms with Crippen molar-refractivity contribution in [3.63, 3.8) is 0 Å². The molecule has 0 N–H and O–H groups in total. The van der Waals surface area contributed by atoms with Gasteiger partial charge in [-0.05, 0) is 55.5 Å². The topological polar surface area (TPSA) is 0 Å². The summed E-state index contributed by atoms with van der Waals surface area (Å²) in [7, 11) is 0. The molecule has 0 aliphatic carbocycles. The van der Waals surface area contributed by atoms with Gasteiger partial charge in [-0.1, -0.05) is 51.8 Å². The smallest absolute Gasteiger partial charge is 0.0207 e. The SMILES string of the molecule is Cc1ccc(Cc2cc(Br)c(C)cc2C)cc1. The maximum atomic E-state index is 3.61. The lowest BCUT2D eigenvalue weighted by atomic mass is 9.98. The van der Waals surface area contributed by atoms with Crippen molar-refractivity contribution < 1.29 is 0 Å². The molecular formula is C16H17Br. The first-order valence-corrected chi connectivity index (χ1v) is 6.67. The minimum Gasteiger partial charge on any atom is -0.0590 e. The summed E-state index contributed by atoms with van der Waals surface area (Å²) in [6.07, 6.45) is 1.00. The van der Waals surface area contributed by atoms with E-state index in [1.54, 1.807) is 0 Å². The Hall–Kier alpha value is -1.08. The first-order valence-electron chi connectivity index (χ1n) is 5.87. The van der Waals surface area contributed by atoms with Crippen molar-refractivity contribution in [1.82, 2.24) is 0 Å². The van der Waals surface area contributed by atoms with Gasteiger partial charge in [0.2, 0.25) is 0 Å². The van der Waals surface area contributed by atoms with E-state index in [0.29, 0.717) is 0 Å². The van der Waals surface area contributed by atoms with Crippen LogP contribution in [0.5, 0.6) is 0 Å². The summed E-state index contributed by atoms with van der Waals surface area (Å²) in [5, 5.41) is 0. The molecule has 0 nitrogen and oxygen atoms in total. The fraction of sp³-hybridized carbons (Fsp3) is 0.250. The van der Waals surface area contributed by atoms with Crippen LogP contribution in [0.2, 0.25) is 0 Å². The molecule has 0 amide bonds. The van der Waals surface area contributed by atoms with E-state index in [2.05, 4.69) is 73.1 Å². The van der Waals surface area contributed by atoms with E-state index in [0.717, 1.165) is 6.42 Å². The molecule has 2 rings (SSSR count). The van der Waals surface area contributed by atoms with Gasteiger partial charge in [-0.25, -0.2) is 0 Å². The Kier molecular flexibility index (Phi) is 3.68. The van der Waals surface area contributed by atoms with E-state index >= 15 is 0 Å². The number of hydrogen-bond acceptors (Lipinski definition) is 0. The van der Waals surface area contributed by atoms with E-state index in [1.807, 2.05) is 0 Å². The molecule has 0 aliphatic heterocycles. The maximum Gasteiger partial charge on any atom is 0.0207 e. The fourth-order valence-corrected chi connectivity index (χ4v) is 2.37. The average Bonchev–Trinajstić information content (AvgIpc) is 2.29. The van der Waals surface area contributed by atoms with Crippen molar-refractivity contribution in [2.75, 3.05) is 0 Å². The van der Waals surface area contributed by atoms with Gasteiger partial charge in [0.05, 0.1) is 0 Å². The molecule has 0 atom stereocenters. The van der Waals surface area contributed by atoms with Gasteiger partial charge < -0.3 is 0 Å². The van der Waals surface area contributed by atoms with Crippen molar-refractivity contribution in [1.29, 1.82) is 0 Å². The molecule has 0 saturated carbocycles. The third kappa shape index (κ3) is 2.98. The molecule has 0 unspecified atom stereocenters. The van der Waals surface area contributed by atoms with Gasteiger partial charge in [-0.3, -0.25) is 0 Å². The van der Waals surface area contributed by atoms with Crippen LogP contribution in [0.15, 0.2) is 40.9 Å². The van der Waals surface area contributed by atoms with Gasteiger partial charge in [-0.2, -0.15) is 0 Å². The summed E-state index contributed by atoms with van der Waals surface area (Å²) in [4.78, 5) is 0. The molecule has 2 aromatic rings. The first-order chi connectivity index (χ1) is 8.06. The van der Waals surface area contributed by atoms with Crippen molar-refractivity contribution in [2.24, 2.45) is 0 Å². The molecule has 17 heavy (non-hydrogen) atoms. The van der Waals surface area contributed by atoms with Crippen molar-refractivity contribution in [2.45, 2.75) is 27.2 Å². The zero-order valence-corrected chi connectivity index (χ0v) is 12.1. The summed E-state index contributed by atoms with van der Waals surface area (Å²) >= 11 is 3.61. The number of aryl methyl sites for hydroxylation is 3. The number of halogens is 1. The van der Waals surface area contributed by atoms with E-state index in [1.165, 1.54) is 32.3 Å². The van der Waals surface area contributed by atoms with Crippen LogP contribution in [0.4, 0.5) is 0 Å². The quantitative estimate of drug-likeness (QED) is 0.732. The largest absolute Gasteiger partial charge is 0.0590 e. The third-order valence-corrected chi connectivity index (χ3v) is 3.99. The standard InChI is InChI=1S/C16H17Br/c1-11-4-6-14(7-5-11)9-15-10-16(17)13(3)8-12(15)2/h4-8,10H,9H2,1-3H3. The Balaban J connectivity index is 2.30. The first kappa shape index (κ1) is 12.4. The Morgan fingerprint density at radius 1 is 0.882 bits per heavy atom. The van der Waals surface area contributed by atoms with Crippen LogP contribution >= 0.6 is 15.9 Å².